The summed E-state index contributed by atoms with van der Waals surface area (Å²) >= 11 is 0. The van der Waals surface area contributed by atoms with Crippen molar-refractivity contribution in [1.29, 1.82) is 0 Å². The number of ether oxygens (including phenoxy) is 2. The van der Waals surface area contributed by atoms with Crippen LogP contribution in [0, 0.1) is 47.9 Å². The average Bonchev–Trinajstić information content (AvgIpc) is 3.76. The molecule has 0 bridgehead atoms. The number of hydrogen-bond acceptors (Lipinski definition) is 16. The second-order valence-electron chi connectivity index (χ2n) is 14.8. The number of fused-ring (bicyclic) bond motifs is 8. The molecule has 4 aromatic carbocycles. The van der Waals surface area contributed by atoms with Gasteiger partial charge in [-0.2, -0.15) is 0 Å². The normalized spacial score (nSPS) is 15.5. The fourth-order valence-corrected chi connectivity index (χ4v) is 8.39. The molecule has 0 aliphatic carbocycles. The molecule has 2 aromatic heterocycles. The van der Waals surface area contributed by atoms with Gasteiger partial charge in [0.1, 0.15) is 12.4 Å². The number of non-ortho nitro benzene ring substituents is 3. The maximum Gasteiger partial charge on any atom is 1.00 e. The van der Waals surface area contributed by atoms with Crippen LogP contribution in [0.5, 0.6) is 5.75 Å². The largest absolute Gasteiger partial charge is 1.00 e. The molecule has 2 atom stereocenters. The molecule has 0 fully saturated rings. The molecule has 0 saturated heterocycles. The number of rotatable bonds is 10. The standard InChI is InChI=1S/C39H30N7O14.CH3.K/c1-5-39(25-12-30-35-19(14-42(30)36(48)24(25)16-59-38(39)50)10-21-23(15-41(3)4)31(47)7-6-26(21)40-35)60-37(49)17(2)32-22-9-18-8-20(43(51)52)11-27(44(53)54)33(18)34(22)29(46(57)58)13-28(32)45(55)56;;/h6-13,17,47H,5,14-16H2,1-4H3;1H3;/q2*-1;+1/t17-,39+;;/m1../s1. The molecule has 314 valence electrons. The number of benzene rings is 3. The summed E-state index contributed by atoms with van der Waals surface area (Å²) in [6.45, 7) is 2.64. The summed E-state index contributed by atoms with van der Waals surface area (Å²) in [5.74, 6) is -3.99. The van der Waals surface area contributed by atoms with Crippen LogP contribution in [0.1, 0.15) is 54.0 Å². The Balaban J connectivity index is 0.00000321. The molecule has 1 N–H and O–H groups in total. The Hall–Kier alpha value is -6.17. The first-order valence-corrected chi connectivity index (χ1v) is 18.2. The van der Waals surface area contributed by atoms with Crippen LogP contribution in [0.3, 0.4) is 0 Å². The van der Waals surface area contributed by atoms with Crippen molar-refractivity contribution in [3.05, 3.63) is 135 Å². The Labute approximate surface area is 391 Å². The molecule has 21 nitrogen and oxygen atoms in total. The van der Waals surface area contributed by atoms with Gasteiger partial charge in [-0.3, -0.25) is 50.0 Å². The van der Waals surface area contributed by atoms with E-state index < -0.39 is 94.4 Å². The topological polar surface area (TPSA) is 284 Å². The minimum Gasteiger partial charge on any atom is -0.508 e. The zero-order valence-electron chi connectivity index (χ0n) is 33.9. The molecule has 0 unspecified atom stereocenters. The Morgan fingerprint density at radius 2 is 1.65 bits per heavy atom. The van der Waals surface area contributed by atoms with Gasteiger partial charge < -0.3 is 31.5 Å². The van der Waals surface area contributed by atoms with Gasteiger partial charge in [-0.15, -0.1) is 16.8 Å². The van der Waals surface area contributed by atoms with Gasteiger partial charge >= 0.3 is 63.3 Å². The number of cyclic esters (lactones) is 1. The predicted octanol–water partition coefficient (Wildman–Crippen LogP) is 3.31. The van der Waals surface area contributed by atoms with Crippen molar-refractivity contribution in [2.24, 2.45) is 0 Å². The van der Waals surface area contributed by atoms with Crippen molar-refractivity contribution in [3.8, 4) is 17.1 Å². The summed E-state index contributed by atoms with van der Waals surface area (Å²) < 4.78 is 12.9. The van der Waals surface area contributed by atoms with Crippen LogP contribution in [-0.2, 0) is 44.4 Å². The Morgan fingerprint density at radius 1 is 0.984 bits per heavy atom. The van der Waals surface area contributed by atoms with E-state index >= 15 is 0 Å². The van der Waals surface area contributed by atoms with Gasteiger partial charge in [0.15, 0.2) is 0 Å². The molecule has 4 heterocycles. The second kappa shape index (κ2) is 16.3. The van der Waals surface area contributed by atoms with Crippen molar-refractivity contribution in [3.63, 3.8) is 0 Å². The molecular formula is C40H33KN7O14-. The Morgan fingerprint density at radius 3 is 2.26 bits per heavy atom. The third-order valence-corrected chi connectivity index (χ3v) is 11.1. The molecule has 8 rings (SSSR count). The monoisotopic (exact) mass is 874 g/mol. The maximum absolute atomic E-state index is 14.4. The van der Waals surface area contributed by atoms with Gasteiger partial charge in [0, 0.05) is 28.6 Å². The zero-order valence-corrected chi connectivity index (χ0v) is 37.0. The summed E-state index contributed by atoms with van der Waals surface area (Å²) in [7, 11) is 3.69. The van der Waals surface area contributed by atoms with E-state index in [0.29, 0.717) is 52.1 Å². The number of hydrogen-bond donors (Lipinski definition) is 1. The van der Waals surface area contributed by atoms with Gasteiger partial charge in [-0.25, -0.2) is 9.78 Å². The number of nitro groups is 4. The molecule has 0 saturated carbocycles. The molecule has 0 amide bonds. The number of phenolic OH excluding ortho intramolecular Hbond substituents is 1. The van der Waals surface area contributed by atoms with E-state index in [0.717, 1.165) is 19.1 Å². The third-order valence-electron chi connectivity index (χ3n) is 11.1. The summed E-state index contributed by atoms with van der Waals surface area (Å²) in [6.07, 6.45) is -0.292. The quantitative estimate of drug-likeness (QED) is 0.0678. The van der Waals surface area contributed by atoms with E-state index in [4.69, 9.17) is 14.5 Å². The number of esters is 2. The smallest absolute Gasteiger partial charge is 0.508 e. The number of nitro benzene ring substituents is 4. The molecule has 22 heteroatoms. The number of phenols is 1. The van der Waals surface area contributed by atoms with Crippen LogP contribution < -0.4 is 56.9 Å². The second-order valence-corrected chi connectivity index (χ2v) is 14.8. The van der Waals surface area contributed by atoms with E-state index in [9.17, 15) is 59.9 Å². The molecule has 0 radical (unpaired) electrons. The van der Waals surface area contributed by atoms with Crippen LogP contribution in [0.15, 0.2) is 53.3 Å². The van der Waals surface area contributed by atoms with E-state index in [1.165, 1.54) is 23.6 Å². The molecule has 6 aromatic rings. The number of carbonyl (C=O) groups is 2. The molecule has 2 aliphatic rings. The van der Waals surface area contributed by atoms with Gasteiger partial charge in [-0.05, 0) is 67.2 Å². The van der Waals surface area contributed by atoms with Crippen molar-refractivity contribution in [2.45, 2.75) is 51.5 Å². The van der Waals surface area contributed by atoms with Gasteiger partial charge in [0.2, 0.25) is 28.4 Å². The number of carbonyl (C=O) groups excluding carboxylic acids is 2. The first-order valence-electron chi connectivity index (χ1n) is 18.2. The van der Waals surface area contributed by atoms with Crippen LogP contribution in [0.4, 0.5) is 22.7 Å². The Bertz CT molecular complexity index is 3070. The fourth-order valence-electron chi connectivity index (χ4n) is 8.39. The van der Waals surface area contributed by atoms with Crippen LogP contribution >= 0.6 is 0 Å². The summed E-state index contributed by atoms with van der Waals surface area (Å²) in [5.41, 5.74) is -4.43. The van der Waals surface area contributed by atoms with Crippen molar-refractivity contribution < 1.29 is 95.2 Å². The Kier molecular flexibility index (Phi) is 11.9. The summed E-state index contributed by atoms with van der Waals surface area (Å²) in [6, 6.07) is 9.57. The van der Waals surface area contributed by atoms with E-state index in [1.807, 2.05) is 25.1 Å². The number of nitrogens with zero attached hydrogens (tertiary/aromatic N) is 7. The molecule has 62 heavy (non-hydrogen) atoms. The van der Waals surface area contributed by atoms with Gasteiger partial charge in [0.05, 0.1) is 66.8 Å². The van der Waals surface area contributed by atoms with Crippen LogP contribution in [0.25, 0.3) is 43.8 Å². The minimum absolute atomic E-state index is 0. The molecule has 0 spiro atoms. The minimum atomic E-state index is -2.29. The summed E-state index contributed by atoms with van der Waals surface area (Å²) in [5, 5.41) is 58.5. The van der Waals surface area contributed by atoms with E-state index in [1.54, 1.807) is 6.07 Å². The summed E-state index contributed by atoms with van der Waals surface area (Å²) in [4.78, 5) is 94.0. The average molecular weight is 875 g/mol. The van der Waals surface area contributed by atoms with Crippen LogP contribution in [-0.4, -0.2) is 65.3 Å². The predicted molar refractivity (Wildman–Crippen MR) is 216 cm³/mol. The van der Waals surface area contributed by atoms with E-state index in [-0.39, 0.29) is 99.4 Å². The first kappa shape index (κ1) is 45.4. The van der Waals surface area contributed by atoms with Crippen LogP contribution in [0.2, 0.25) is 0 Å². The number of aromatic nitrogens is 2. The van der Waals surface area contributed by atoms with Crippen molar-refractivity contribution in [2.75, 3.05) is 14.1 Å². The number of aromatic hydroxyl groups is 1. The molecular weight excluding hydrogens is 842 g/mol. The van der Waals surface area contributed by atoms with Crippen molar-refractivity contribution in [1.82, 2.24) is 14.5 Å². The zero-order chi connectivity index (χ0) is 43.3. The van der Waals surface area contributed by atoms with Gasteiger partial charge in [-0.1, -0.05) is 13.8 Å². The maximum atomic E-state index is 14.4. The molecule has 2 aliphatic heterocycles. The number of pyridine rings is 2. The fraction of sp³-hybridized carbons (Fsp3) is 0.250. The van der Waals surface area contributed by atoms with Gasteiger partial charge in [0.25, 0.3) is 5.56 Å². The first-order chi connectivity index (χ1) is 28.4. The van der Waals surface area contributed by atoms with E-state index in [2.05, 4.69) is 0 Å². The van der Waals surface area contributed by atoms with Crippen molar-refractivity contribution >= 4 is 67.1 Å². The SMILES string of the molecule is CC[C@@]1(OC(=O)[C@H](C)c2c([N+](=O)[O-])cc([N+](=O)[O-])c3c2[cH-]c2cc([N+](=O)[O-])cc([N+](=O)[O-])c23)C(=O)OCc2c1cc1n(c2=O)Cc2cc3c(CN(C)C)c(O)ccc3nc2-1.[CH3-].[K+]. The third kappa shape index (κ3) is 6.87.